The van der Waals surface area contributed by atoms with Crippen molar-refractivity contribution in [2.24, 2.45) is 5.92 Å². The average Bonchev–Trinajstić information content (AvgIpc) is 3.47. The number of carbonyl (C=O) groups excluding carboxylic acids is 1. The van der Waals surface area contributed by atoms with E-state index in [4.69, 9.17) is 4.74 Å². The lowest BCUT2D eigenvalue weighted by molar-refractivity contribution is 0.0389. The van der Waals surface area contributed by atoms with Crippen LogP contribution in [0, 0.1) is 5.92 Å². The predicted molar refractivity (Wildman–Crippen MR) is 149 cm³/mol. The summed E-state index contributed by atoms with van der Waals surface area (Å²) in [4.78, 5) is 15.2. The van der Waals surface area contributed by atoms with E-state index in [-0.39, 0.29) is 51.7 Å². The van der Waals surface area contributed by atoms with E-state index in [0.717, 1.165) is 11.3 Å². The number of para-hydroxylation sites is 1. The maximum atomic E-state index is 13.6. The lowest BCUT2D eigenvalue weighted by Gasteiger charge is -2.38. The van der Waals surface area contributed by atoms with Crippen molar-refractivity contribution in [1.29, 1.82) is 0 Å². The van der Waals surface area contributed by atoms with Gasteiger partial charge in [-0.2, -0.15) is 4.31 Å². The Balaban J connectivity index is 1.76. The highest BCUT2D eigenvalue weighted by atomic mass is 32.2. The van der Waals surface area contributed by atoms with Crippen LogP contribution in [0.4, 0.5) is 5.69 Å². The molecule has 0 fully saturated rings. The van der Waals surface area contributed by atoms with E-state index in [0.29, 0.717) is 0 Å². The summed E-state index contributed by atoms with van der Waals surface area (Å²) >= 11 is 1.04. The Morgan fingerprint density at radius 3 is 2.46 bits per heavy atom. The van der Waals surface area contributed by atoms with Gasteiger partial charge in [-0.05, 0) is 42.6 Å². The van der Waals surface area contributed by atoms with Gasteiger partial charge in [-0.25, -0.2) is 16.8 Å². The van der Waals surface area contributed by atoms with E-state index >= 15 is 0 Å². The van der Waals surface area contributed by atoms with Crippen molar-refractivity contribution in [3.63, 3.8) is 0 Å². The SMILES string of the molecule is C[C@H]1CN([C@@H](C)CO)C(=O)c2cccc(NS(=O)(=O)c3cccs3)c2O[C@H]1CN(C)S(=O)(=O)c1ccccc1. The maximum absolute atomic E-state index is 13.6. The van der Waals surface area contributed by atoms with Crippen molar-refractivity contribution < 1.29 is 31.5 Å². The summed E-state index contributed by atoms with van der Waals surface area (Å²) in [6.45, 7) is 3.36. The van der Waals surface area contributed by atoms with Gasteiger partial charge in [-0.3, -0.25) is 9.52 Å². The van der Waals surface area contributed by atoms with Crippen molar-refractivity contribution in [2.75, 3.05) is 31.5 Å². The van der Waals surface area contributed by atoms with Gasteiger partial charge >= 0.3 is 0 Å². The van der Waals surface area contributed by atoms with Gasteiger partial charge < -0.3 is 14.7 Å². The third kappa shape index (κ3) is 6.12. The van der Waals surface area contributed by atoms with Crippen LogP contribution >= 0.6 is 11.3 Å². The van der Waals surface area contributed by atoms with Crippen LogP contribution in [-0.4, -0.2) is 75.9 Å². The number of carbonyl (C=O) groups is 1. The van der Waals surface area contributed by atoms with Crippen molar-refractivity contribution in [3.8, 4) is 5.75 Å². The summed E-state index contributed by atoms with van der Waals surface area (Å²) in [6, 6.07) is 15.1. The van der Waals surface area contributed by atoms with Crippen molar-refractivity contribution in [3.05, 3.63) is 71.6 Å². The van der Waals surface area contributed by atoms with Crippen LogP contribution in [-0.2, 0) is 20.0 Å². The minimum absolute atomic E-state index is 0.000157. The van der Waals surface area contributed by atoms with Crippen LogP contribution in [0.2, 0.25) is 0 Å². The van der Waals surface area contributed by atoms with Crippen molar-refractivity contribution in [2.45, 2.75) is 35.1 Å². The summed E-state index contributed by atoms with van der Waals surface area (Å²) in [6.07, 6.45) is -0.763. The molecule has 39 heavy (non-hydrogen) atoms. The fourth-order valence-corrected chi connectivity index (χ4v) is 7.54. The lowest BCUT2D eigenvalue weighted by atomic mass is 9.99. The Morgan fingerprint density at radius 2 is 1.82 bits per heavy atom. The molecule has 0 saturated heterocycles. The number of sulfonamides is 2. The third-order valence-electron chi connectivity index (χ3n) is 6.58. The van der Waals surface area contributed by atoms with Gasteiger partial charge in [0.05, 0.1) is 35.3 Å². The predicted octanol–water partition coefficient (Wildman–Crippen LogP) is 3.09. The highest BCUT2D eigenvalue weighted by Crippen LogP contribution is 2.36. The zero-order chi connectivity index (χ0) is 28.4. The molecule has 0 spiro atoms. The molecule has 210 valence electrons. The van der Waals surface area contributed by atoms with Gasteiger partial charge in [0, 0.05) is 19.5 Å². The van der Waals surface area contributed by atoms with E-state index in [1.54, 1.807) is 42.6 Å². The van der Waals surface area contributed by atoms with Crippen molar-refractivity contribution in [1.82, 2.24) is 9.21 Å². The topological polar surface area (TPSA) is 133 Å². The van der Waals surface area contributed by atoms with Crippen molar-refractivity contribution >= 4 is 43.0 Å². The number of hydrogen-bond acceptors (Lipinski definition) is 8. The Morgan fingerprint density at radius 1 is 1.10 bits per heavy atom. The smallest absolute Gasteiger partial charge is 0.271 e. The molecule has 4 rings (SSSR count). The number of fused-ring (bicyclic) bond motifs is 1. The van der Waals surface area contributed by atoms with E-state index < -0.39 is 38.1 Å². The molecule has 13 heteroatoms. The number of aliphatic hydroxyl groups excluding tert-OH is 1. The zero-order valence-corrected chi connectivity index (χ0v) is 24.2. The first-order valence-electron chi connectivity index (χ1n) is 12.2. The zero-order valence-electron chi connectivity index (χ0n) is 21.7. The highest BCUT2D eigenvalue weighted by Gasteiger charge is 2.36. The van der Waals surface area contributed by atoms with Gasteiger partial charge in [0.15, 0.2) is 5.75 Å². The largest absolute Gasteiger partial charge is 0.486 e. The molecule has 1 aliphatic rings. The van der Waals surface area contributed by atoms with E-state index in [1.165, 1.54) is 46.6 Å². The number of anilines is 1. The second-order valence-corrected chi connectivity index (χ2v) is 14.3. The van der Waals surface area contributed by atoms with Crippen LogP contribution < -0.4 is 9.46 Å². The molecule has 0 unspecified atom stereocenters. The number of rotatable bonds is 9. The molecule has 0 bridgehead atoms. The molecule has 1 aliphatic heterocycles. The Kier molecular flexibility index (Phi) is 8.66. The van der Waals surface area contributed by atoms with Gasteiger partial charge in [-0.1, -0.05) is 37.3 Å². The molecule has 1 aromatic heterocycles. The Labute approximate surface area is 232 Å². The Bertz CT molecular complexity index is 1510. The fraction of sp³-hybridized carbons (Fsp3) is 0.346. The minimum Gasteiger partial charge on any atom is -0.486 e. The number of hydrogen-bond donors (Lipinski definition) is 2. The van der Waals surface area contributed by atoms with Crippen LogP contribution in [0.1, 0.15) is 24.2 Å². The van der Waals surface area contributed by atoms with Gasteiger partial charge in [0.25, 0.3) is 15.9 Å². The fourth-order valence-electron chi connectivity index (χ4n) is 4.28. The average molecular weight is 594 g/mol. The molecule has 3 atom stereocenters. The van der Waals surface area contributed by atoms with Gasteiger partial charge in [-0.15, -0.1) is 11.3 Å². The standard InChI is InChI=1S/C26H31N3O7S3/c1-18-15-29(19(2)17-30)26(31)21-11-7-12-22(27-38(32,33)24-13-8-14-37-24)25(21)36-23(18)16-28(3)39(34,35)20-9-5-4-6-10-20/h4-14,18-19,23,27,30H,15-17H2,1-3H3/t18-,19-,23-/m0/s1. The van der Waals surface area contributed by atoms with E-state index in [2.05, 4.69) is 4.72 Å². The first kappa shape index (κ1) is 29.0. The first-order chi connectivity index (χ1) is 18.5. The molecule has 2 N–H and O–H groups in total. The second kappa shape index (κ2) is 11.6. The van der Waals surface area contributed by atoms with Crippen LogP contribution in [0.15, 0.2) is 75.1 Å². The van der Waals surface area contributed by atoms with Crippen LogP contribution in [0.3, 0.4) is 0 Å². The number of aliphatic hydroxyl groups is 1. The quantitative estimate of drug-likeness (QED) is 0.390. The van der Waals surface area contributed by atoms with Gasteiger partial charge in [0.2, 0.25) is 10.0 Å². The van der Waals surface area contributed by atoms with E-state index in [1.807, 2.05) is 6.92 Å². The highest BCUT2D eigenvalue weighted by molar-refractivity contribution is 7.94. The molecule has 2 heterocycles. The molecule has 0 aliphatic carbocycles. The van der Waals surface area contributed by atoms with Gasteiger partial charge in [0.1, 0.15) is 10.3 Å². The summed E-state index contributed by atoms with van der Waals surface area (Å²) in [5, 5.41) is 11.5. The molecular weight excluding hydrogens is 563 g/mol. The summed E-state index contributed by atoms with van der Waals surface area (Å²) in [7, 11) is -6.38. The molecule has 10 nitrogen and oxygen atoms in total. The van der Waals surface area contributed by atoms with Crippen LogP contribution in [0.25, 0.3) is 0 Å². The Hall–Kier alpha value is -2.97. The van der Waals surface area contributed by atoms with Crippen LogP contribution in [0.5, 0.6) is 5.75 Å². The number of nitrogens with one attached hydrogen (secondary N) is 1. The molecule has 0 radical (unpaired) electrons. The normalized spacial score (nSPS) is 19.1. The second-order valence-electron chi connectivity index (χ2n) is 9.44. The number of thiophene rings is 1. The first-order valence-corrected chi connectivity index (χ1v) is 16.0. The molecule has 2 aromatic carbocycles. The summed E-state index contributed by atoms with van der Waals surface area (Å²) in [5.41, 5.74) is 0.158. The molecule has 0 saturated carbocycles. The number of nitrogens with zero attached hydrogens (tertiary/aromatic N) is 2. The number of amides is 1. The monoisotopic (exact) mass is 593 g/mol. The summed E-state index contributed by atoms with van der Waals surface area (Å²) < 4.78 is 62.7. The molecule has 3 aromatic rings. The number of benzene rings is 2. The maximum Gasteiger partial charge on any atom is 0.271 e. The molecule has 1 amide bonds. The molecular formula is C26H31N3O7S3. The number of likely N-dealkylation sites (N-methyl/N-ethyl adjacent to an activating group) is 1. The third-order valence-corrected chi connectivity index (χ3v) is 11.2. The lowest BCUT2D eigenvalue weighted by Crippen LogP contribution is -2.50. The minimum atomic E-state index is -3.97. The van der Waals surface area contributed by atoms with E-state index in [9.17, 15) is 26.7 Å². The summed E-state index contributed by atoms with van der Waals surface area (Å²) in [5.74, 6) is -0.814. The number of ether oxygens (including phenoxy) is 1.